The van der Waals surface area contributed by atoms with Crippen LogP contribution in [0.5, 0.6) is 0 Å². The van der Waals surface area contributed by atoms with Gasteiger partial charge in [0.15, 0.2) is 0 Å². The third-order valence-electron chi connectivity index (χ3n) is 2.73. The molecule has 2 heterocycles. The van der Waals surface area contributed by atoms with Gasteiger partial charge in [0, 0.05) is 37.2 Å². The van der Waals surface area contributed by atoms with Crippen molar-refractivity contribution < 1.29 is 0 Å². The molecule has 2 aromatic rings. The van der Waals surface area contributed by atoms with E-state index < -0.39 is 0 Å². The Balaban J connectivity index is 2.25. The van der Waals surface area contributed by atoms with Gasteiger partial charge in [0.25, 0.3) is 0 Å². The number of pyridine rings is 1. The number of nitrogens with zero attached hydrogens (tertiary/aromatic N) is 5. The van der Waals surface area contributed by atoms with Crippen molar-refractivity contribution in [1.82, 2.24) is 15.0 Å². The Morgan fingerprint density at radius 2 is 2.25 bits per heavy atom. The standard InChI is InChI=1S/C14H14ClN5/c1-11-8-13(19-14(15)18-11)20(7-3-5-16)10-12-4-2-6-17-9-12/h2,4,6,8-9H,3,7,10H2,1H3. The van der Waals surface area contributed by atoms with Crippen LogP contribution in [0.15, 0.2) is 30.6 Å². The van der Waals surface area contributed by atoms with Crippen LogP contribution in [0.4, 0.5) is 5.82 Å². The van der Waals surface area contributed by atoms with Crippen LogP contribution in [0.1, 0.15) is 17.7 Å². The number of halogens is 1. The van der Waals surface area contributed by atoms with E-state index in [0.717, 1.165) is 17.1 Å². The quantitative estimate of drug-likeness (QED) is 0.791. The number of nitriles is 1. The van der Waals surface area contributed by atoms with E-state index in [4.69, 9.17) is 16.9 Å². The van der Waals surface area contributed by atoms with Gasteiger partial charge in [0.05, 0.1) is 12.5 Å². The lowest BCUT2D eigenvalue weighted by Crippen LogP contribution is -2.25. The molecule has 0 fully saturated rings. The molecule has 6 heteroatoms. The highest BCUT2D eigenvalue weighted by Gasteiger charge is 2.11. The Kier molecular flexibility index (Phi) is 4.85. The van der Waals surface area contributed by atoms with Crippen molar-refractivity contribution in [2.45, 2.75) is 19.9 Å². The molecule has 0 bridgehead atoms. The molecular weight excluding hydrogens is 274 g/mol. The third-order valence-corrected chi connectivity index (χ3v) is 2.90. The van der Waals surface area contributed by atoms with Crippen LogP contribution in [-0.4, -0.2) is 21.5 Å². The van der Waals surface area contributed by atoms with Crippen molar-refractivity contribution in [3.8, 4) is 6.07 Å². The van der Waals surface area contributed by atoms with E-state index >= 15 is 0 Å². The highest BCUT2D eigenvalue weighted by molar-refractivity contribution is 6.28. The van der Waals surface area contributed by atoms with Gasteiger partial charge in [-0.3, -0.25) is 4.98 Å². The van der Waals surface area contributed by atoms with Gasteiger partial charge >= 0.3 is 0 Å². The second-order valence-electron chi connectivity index (χ2n) is 4.33. The number of anilines is 1. The first-order valence-electron chi connectivity index (χ1n) is 6.21. The predicted molar refractivity (Wildman–Crippen MR) is 77.3 cm³/mol. The molecule has 0 saturated carbocycles. The SMILES string of the molecule is Cc1cc(N(CCC#N)Cc2cccnc2)nc(Cl)n1. The first kappa shape index (κ1) is 14.2. The lowest BCUT2D eigenvalue weighted by molar-refractivity contribution is 0.776. The number of aromatic nitrogens is 3. The predicted octanol–water partition coefficient (Wildman–Crippen LogP) is 2.75. The summed E-state index contributed by atoms with van der Waals surface area (Å²) in [6.07, 6.45) is 3.95. The van der Waals surface area contributed by atoms with Crippen LogP contribution < -0.4 is 4.90 Å². The maximum Gasteiger partial charge on any atom is 0.224 e. The zero-order valence-corrected chi connectivity index (χ0v) is 11.9. The van der Waals surface area contributed by atoms with Crippen LogP contribution in [0.2, 0.25) is 5.28 Å². The van der Waals surface area contributed by atoms with Gasteiger partial charge in [-0.05, 0) is 30.2 Å². The van der Waals surface area contributed by atoms with Gasteiger partial charge in [-0.1, -0.05) is 6.07 Å². The summed E-state index contributed by atoms with van der Waals surface area (Å²) in [7, 11) is 0. The van der Waals surface area contributed by atoms with E-state index in [2.05, 4.69) is 21.0 Å². The summed E-state index contributed by atoms with van der Waals surface area (Å²) >= 11 is 5.90. The fraction of sp³-hybridized carbons (Fsp3) is 0.286. The van der Waals surface area contributed by atoms with Crippen molar-refractivity contribution in [2.24, 2.45) is 0 Å². The minimum Gasteiger partial charge on any atom is -0.351 e. The number of hydrogen-bond donors (Lipinski definition) is 0. The largest absolute Gasteiger partial charge is 0.351 e. The molecule has 0 amide bonds. The summed E-state index contributed by atoms with van der Waals surface area (Å²) in [6, 6.07) is 7.88. The highest BCUT2D eigenvalue weighted by Crippen LogP contribution is 2.17. The maximum absolute atomic E-state index is 8.79. The van der Waals surface area contributed by atoms with Crippen molar-refractivity contribution in [2.75, 3.05) is 11.4 Å². The van der Waals surface area contributed by atoms with Gasteiger partial charge in [-0.25, -0.2) is 9.97 Å². The minimum atomic E-state index is 0.216. The average molecular weight is 288 g/mol. The molecule has 20 heavy (non-hydrogen) atoms. The lowest BCUT2D eigenvalue weighted by Gasteiger charge is -2.22. The zero-order chi connectivity index (χ0) is 14.4. The molecule has 102 valence electrons. The summed E-state index contributed by atoms with van der Waals surface area (Å²) in [5.74, 6) is 0.724. The van der Waals surface area contributed by atoms with Gasteiger partial charge < -0.3 is 4.90 Å². The van der Waals surface area contributed by atoms with E-state index in [-0.39, 0.29) is 5.28 Å². The molecular formula is C14H14ClN5. The monoisotopic (exact) mass is 287 g/mol. The topological polar surface area (TPSA) is 65.7 Å². The first-order chi connectivity index (χ1) is 9.69. The van der Waals surface area contributed by atoms with Crippen LogP contribution >= 0.6 is 11.6 Å². The van der Waals surface area contributed by atoms with Gasteiger partial charge in [-0.15, -0.1) is 0 Å². The second-order valence-corrected chi connectivity index (χ2v) is 4.67. The number of aryl methyl sites for hydroxylation is 1. The molecule has 0 saturated heterocycles. The lowest BCUT2D eigenvalue weighted by atomic mass is 10.2. The van der Waals surface area contributed by atoms with Crippen molar-refractivity contribution in [3.05, 3.63) is 47.1 Å². The minimum absolute atomic E-state index is 0.216. The van der Waals surface area contributed by atoms with Gasteiger partial charge in [0.2, 0.25) is 5.28 Å². The first-order valence-corrected chi connectivity index (χ1v) is 6.59. The number of rotatable bonds is 5. The third kappa shape index (κ3) is 3.90. The molecule has 2 aromatic heterocycles. The molecule has 0 N–H and O–H groups in total. The highest BCUT2D eigenvalue weighted by atomic mass is 35.5. The second kappa shape index (κ2) is 6.83. The molecule has 0 aromatic carbocycles. The summed E-state index contributed by atoms with van der Waals surface area (Å²) in [4.78, 5) is 14.4. The molecule has 0 aliphatic rings. The fourth-order valence-corrected chi connectivity index (χ4v) is 2.07. The van der Waals surface area contributed by atoms with Crippen LogP contribution in [0.3, 0.4) is 0 Å². The Hall–Kier alpha value is -2.19. The molecule has 0 unspecified atom stereocenters. The molecule has 0 spiro atoms. The van der Waals surface area contributed by atoms with E-state index in [9.17, 15) is 0 Å². The number of hydrogen-bond acceptors (Lipinski definition) is 5. The Morgan fingerprint density at radius 1 is 1.40 bits per heavy atom. The molecule has 0 atom stereocenters. The van der Waals surface area contributed by atoms with Crippen LogP contribution in [0, 0.1) is 18.3 Å². The maximum atomic E-state index is 8.79. The molecule has 0 radical (unpaired) electrons. The Morgan fingerprint density at radius 3 is 2.90 bits per heavy atom. The van der Waals surface area contributed by atoms with E-state index in [1.807, 2.05) is 30.0 Å². The molecule has 0 aliphatic heterocycles. The Labute approximate surface area is 122 Å². The van der Waals surface area contributed by atoms with Crippen molar-refractivity contribution >= 4 is 17.4 Å². The zero-order valence-electron chi connectivity index (χ0n) is 11.1. The molecule has 2 rings (SSSR count). The summed E-state index contributed by atoms with van der Waals surface area (Å²) in [5.41, 5.74) is 1.85. The fourth-order valence-electron chi connectivity index (χ4n) is 1.85. The van der Waals surface area contributed by atoms with Crippen molar-refractivity contribution in [1.29, 1.82) is 5.26 Å². The van der Waals surface area contributed by atoms with Gasteiger partial charge in [-0.2, -0.15) is 5.26 Å². The summed E-state index contributed by atoms with van der Waals surface area (Å²) in [5, 5.41) is 9.01. The molecule has 0 aliphatic carbocycles. The smallest absolute Gasteiger partial charge is 0.224 e. The van der Waals surface area contributed by atoms with Crippen LogP contribution in [0.25, 0.3) is 0 Å². The van der Waals surface area contributed by atoms with E-state index in [1.54, 1.807) is 12.4 Å². The van der Waals surface area contributed by atoms with Gasteiger partial charge in [0.1, 0.15) is 5.82 Å². The van der Waals surface area contributed by atoms with E-state index in [0.29, 0.717) is 19.5 Å². The summed E-state index contributed by atoms with van der Waals surface area (Å²) in [6.45, 7) is 3.07. The average Bonchev–Trinajstić information content (AvgIpc) is 2.43. The normalized spacial score (nSPS) is 10.1. The summed E-state index contributed by atoms with van der Waals surface area (Å²) < 4.78 is 0. The Bertz CT molecular complexity index is 588. The van der Waals surface area contributed by atoms with Crippen molar-refractivity contribution in [3.63, 3.8) is 0 Å². The van der Waals surface area contributed by atoms with E-state index in [1.165, 1.54) is 0 Å². The molecule has 5 nitrogen and oxygen atoms in total. The van der Waals surface area contributed by atoms with Crippen LogP contribution in [-0.2, 0) is 6.54 Å².